The number of unbranched alkanes of at least 4 members (excludes halogenated alkanes) is 1. The molecule has 0 heterocycles. The number of nitrogens with zero attached hydrogens (tertiary/aromatic N) is 1. The molecule has 0 atom stereocenters. The quantitative estimate of drug-likeness (QED) is 0.281. The van der Waals surface area contributed by atoms with Crippen LogP contribution in [0.3, 0.4) is 0 Å². The molecular weight excluding hydrogens is 140 g/mol. The third-order valence-corrected chi connectivity index (χ3v) is 1.29. The third kappa shape index (κ3) is 9.23. The number of guanidine groups is 1. The minimum Gasteiger partial charge on any atom is -0.370 e. The van der Waals surface area contributed by atoms with Gasteiger partial charge in [-0.2, -0.15) is 0 Å². The molecule has 4 heteroatoms. The summed E-state index contributed by atoms with van der Waals surface area (Å²) in [6.07, 6.45) is 2.43. The maximum atomic E-state index is 5.13. The molecule has 0 aliphatic carbocycles. The first-order valence-corrected chi connectivity index (χ1v) is 4.03. The van der Waals surface area contributed by atoms with Crippen LogP contribution in [0, 0.1) is 0 Å². The van der Waals surface area contributed by atoms with Gasteiger partial charge >= 0.3 is 0 Å². The number of rotatable bonds is 6. The largest absolute Gasteiger partial charge is 0.370 e. The smallest absolute Gasteiger partial charge is 0.185 e. The molecule has 0 saturated carbocycles. The summed E-state index contributed by atoms with van der Waals surface area (Å²) in [5.41, 5.74) is 10.3. The van der Waals surface area contributed by atoms with E-state index in [1.165, 1.54) is 12.8 Å². The maximum absolute atomic E-state index is 5.13. The maximum Gasteiger partial charge on any atom is 0.185 e. The van der Waals surface area contributed by atoms with Gasteiger partial charge in [-0.05, 0) is 13.0 Å². The zero-order valence-corrected chi connectivity index (χ0v) is 7.14. The molecule has 0 fully saturated rings. The van der Waals surface area contributed by atoms with Gasteiger partial charge in [0.1, 0.15) is 0 Å². The Balaban J connectivity index is 2.97. The fourth-order valence-corrected chi connectivity index (χ4v) is 0.691. The van der Waals surface area contributed by atoms with Gasteiger partial charge in [0.15, 0.2) is 5.96 Å². The summed E-state index contributed by atoms with van der Waals surface area (Å²) in [5, 5.41) is 3.22. The van der Waals surface area contributed by atoms with Crippen molar-refractivity contribution < 1.29 is 0 Å². The van der Waals surface area contributed by atoms with Gasteiger partial charge in [-0.25, -0.2) is 0 Å². The minimum atomic E-state index is 0.169. The van der Waals surface area contributed by atoms with Gasteiger partial charge in [0.2, 0.25) is 0 Å². The molecule has 0 rings (SSSR count). The molecule has 0 aliphatic heterocycles. The van der Waals surface area contributed by atoms with Crippen molar-refractivity contribution in [2.45, 2.75) is 19.8 Å². The van der Waals surface area contributed by atoms with Crippen molar-refractivity contribution in [3.05, 3.63) is 0 Å². The first kappa shape index (κ1) is 10.2. The average molecular weight is 158 g/mol. The summed E-state index contributed by atoms with van der Waals surface area (Å²) in [6, 6.07) is 0. The highest BCUT2D eigenvalue weighted by molar-refractivity contribution is 5.75. The van der Waals surface area contributed by atoms with E-state index in [1.807, 2.05) is 0 Å². The van der Waals surface area contributed by atoms with Gasteiger partial charge in [0, 0.05) is 6.54 Å². The molecule has 0 aliphatic rings. The fourth-order valence-electron chi connectivity index (χ4n) is 0.691. The highest BCUT2D eigenvalue weighted by Crippen LogP contribution is 1.81. The Bertz CT molecular complexity index is 107. The molecule has 0 aromatic carbocycles. The second-order valence-corrected chi connectivity index (χ2v) is 2.41. The van der Waals surface area contributed by atoms with Crippen molar-refractivity contribution >= 4 is 5.96 Å². The summed E-state index contributed by atoms with van der Waals surface area (Å²) < 4.78 is 0. The van der Waals surface area contributed by atoms with Crippen LogP contribution < -0.4 is 16.8 Å². The molecule has 0 amide bonds. The van der Waals surface area contributed by atoms with E-state index in [0.717, 1.165) is 13.1 Å². The lowest BCUT2D eigenvalue weighted by Gasteiger charge is -1.99. The Labute approximate surface area is 68.1 Å². The molecule has 0 saturated heterocycles. The molecule has 0 aromatic rings. The average Bonchev–Trinajstić information content (AvgIpc) is 1.96. The molecule has 5 N–H and O–H groups in total. The van der Waals surface area contributed by atoms with Crippen LogP contribution in [0.4, 0.5) is 0 Å². The minimum absolute atomic E-state index is 0.169. The molecule has 0 radical (unpaired) electrons. The zero-order chi connectivity index (χ0) is 8.53. The third-order valence-electron chi connectivity index (χ3n) is 1.29. The van der Waals surface area contributed by atoms with Crippen molar-refractivity contribution in [2.24, 2.45) is 16.5 Å². The van der Waals surface area contributed by atoms with E-state index in [2.05, 4.69) is 17.2 Å². The zero-order valence-electron chi connectivity index (χ0n) is 7.14. The predicted octanol–water partition coefficient (Wildman–Crippen LogP) is -0.350. The topological polar surface area (TPSA) is 76.4 Å². The molecule has 66 valence electrons. The highest BCUT2D eigenvalue weighted by atomic mass is 15.0. The number of hydrogen-bond acceptors (Lipinski definition) is 2. The summed E-state index contributed by atoms with van der Waals surface area (Å²) in [6.45, 7) is 4.75. The summed E-state index contributed by atoms with van der Waals surface area (Å²) in [4.78, 5) is 3.83. The Morgan fingerprint density at radius 1 is 1.36 bits per heavy atom. The highest BCUT2D eigenvalue weighted by Gasteiger charge is 1.84. The van der Waals surface area contributed by atoms with Crippen LogP contribution in [0.5, 0.6) is 0 Å². The van der Waals surface area contributed by atoms with E-state index in [9.17, 15) is 0 Å². The first-order valence-electron chi connectivity index (χ1n) is 4.03. The number of hydrogen-bond donors (Lipinski definition) is 3. The lowest BCUT2D eigenvalue weighted by atomic mass is 10.3. The van der Waals surface area contributed by atoms with Crippen LogP contribution in [0.1, 0.15) is 19.8 Å². The summed E-state index contributed by atoms with van der Waals surface area (Å²) >= 11 is 0. The Morgan fingerprint density at radius 3 is 2.64 bits per heavy atom. The second kappa shape index (κ2) is 7.34. The molecule has 0 spiro atoms. The van der Waals surface area contributed by atoms with Gasteiger partial charge in [-0.1, -0.05) is 13.3 Å². The van der Waals surface area contributed by atoms with Crippen molar-refractivity contribution in [3.63, 3.8) is 0 Å². The second-order valence-electron chi connectivity index (χ2n) is 2.41. The normalized spacial score (nSPS) is 9.55. The molecular formula is C7H18N4. The van der Waals surface area contributed by atoms with E-state index in [4.69, 9.17) is 11.5 Å². The van der Waals surface area contributed by atoms with Crippen LogP contribution in [0.15, 0.2) is 4.99 Å². The van der Waals surface area contributed by atoms with E-state index < -0.39 is 0 Å². The summed E-state index contributed by atoms with van der Waals surface area (Å²) in [7, 11) is 0. The molecule has 0 unspecified atom stereocenters. The van der Waals surface area contributed by atoms with Crippen LogP contribution in [0.2, 0.25) is 0 Å². The van der Waals surface area contributed by atoms with Gasteiger partial charge in [0.25, 0.3) is 0 Å². The molecule has 0 aromatic heterocycles. The van der Waals surface area contributed by atoms with E-state index in [1.54, 1.807) is 0 Å². The molecule has 4 nitrogen and oxygen atoms in total. The van der Waals surface area contributed by atoms with Crippen LogP contribution >= 0.6 is 0 Å². The van der Waals surface area contributed by atoms with Crippen molar-refractivity contribution in [3.8, 4) is 0 Å². The fraction of sp³-hybridized carbons (Fsp3) is 0.857. The van der Waals surface area contributed by atoms with E-state index in [-0.39, 0.29) is 5.96 Å². The molecule has 0 bridgehead atoms. The van der Waals surface area contributed by atoms with Crippen LogP contribution in [-0.2, 0) is 0 Å². The Kier molecular flexibility index (Phi) is 6.82. The lowest BCUT2D eigenvalue weighted by molar-refractivity contribution is 0.645. The Hall–Kier alpha value is -0.770. The first-order chi connectivity index (χ1) is 5.27. The standard InChI is InChI=1S/C7H18N4/c1-2-3-4-10-5-6-11-7(8)9/h10H,2-6H2,1H3,(H4,8,9,11). The van der Waals surface area contributed by atoms with E-state index >= 15 is 0 Å². The summed E-state index contributed by atoms with van der Waals surface area (Å²) in [5.74, 6) is 0.169. The lowest BCUT2D eigenvalue weighted by Crippen LogP contribution is -2.25. The van der Waals surface area contributed by atoms with Crippen molar-refractivity contribution in [1.29, 1.82) is 0 Å². The van der Waals surface area contributed by atoms with Gasteiger partial charge in [-0.3, -0.25) is 4.99 Å². The van der Waals surface area contributed by atoms with Crippen molar-refractivity contribution in [2.75, 3.05) is 19.6 Å². The van der Waals surface area contributed by atoms with Gasteiger partial charge < -0.3 is 16.8 Å². The van der Waals surface area contributed by atoms with E-state index in [0.29, 0.717) is 6.54 Å². The monoisotopic (exact) mass is 158 g/mol. The predicted molar refractivity (Wildman–Crippen MR) is 48.5 cm³/mol. The van der Waals surface area contributed by atoms with Crippen LogP contribution in [-0.4, -0.2) is 25.6 Å². The SMILES string of the molecule is CCCCNCCN=C(N)N. The number of nitrogens with one attached hydrogen (secondary N) is 1. The van der Waals surface area contributed by atoms with Crippen molar-refractivity contribution in [1.82, 2.24) is 5.32 Å². The van der Waals surface area contributed by atoms with Crippen LogP contribution in [0.25, 0.3) is 0 Å². The van der Waals surface area contributed by atoms with Gasteiger partial charge in [0.05, 0.1) is 6.54 Å². The molecule has 11 heavy (non-hydrogen) atoms. The Morgan fingerprint density at radius 2 is 2.09 bits per heavy atom. The number of aliphatic imine (C=N–C) groups is 1. The van der Waals surface area contributed by atoms with Gasteiger partial charge in [-0.15, -0.1) is 0 Å². The number of nitrogens with two attached hydrogens (primary N) is 2.